The zero-order valence-corrected chi connectivity index (χ0v) is 16.6. The number of aromatic nitrogens is 1. The minimum Gasteiger partial charge on any atom is -0.371 e. The van der Waals surface area contributed by atoms with E-state index >= 15 is 0 Å². The molecule has 1 aromatic carbocycles. The molecule has 0 radical (unpaired) electrons. The number of nitrogens with zero attached hydrogens (tertiary/aromatic N) is 3. The zero-order chi connectivity index (χ0) is 20.3. The molecule has 0 atom stereocenters. The van der Waals surface area contributed by atoms with Crippen LogP contribution >= 0.6 is 0 Å². The summed E-state index contributed by atoms with van der Waals surface area (Å²) in [4.78, 5) is 31.9. The summed E-state index contributed by atoms with van der Waals surface area (Å²) < 4.78 is 0. The Bertz CT molecular complexity index is 858. The van der Waals surface area contributed by atoms with E-state index in [0.717, 1.165) is 24.2 Å². The molecule has 0 unspecified atom stereocenters. The number of primary amides is 1. The maximum atomic E-state index is 12.0. The molecule has 28 heavy (non-hydrogen) atoms. The number of carbonyl (C=O) groups is 2. The summed E-state index contributed by atoms with van der Waals surface area (Å²) in [6.45, 7) is 0. The summed E-state index contributed by atoms with van der Waals surface area (Å²) in [6.07, 6.45) is 6.15. The lowest BCUT2D eigenvalue weighted by atomic mass is 10.1. The molecular formula is C21H27N5O2. The van der Waals surface area contributed by atoms with Gasteiger partial charge in [0.25, 0.3) is 11.8 Å². The van der Waals surface area contributed by atoms with Crippen LogP contribution < -0.4 is 16.0 Å². The Balaban J connectivity index is 1.83. The Morgan fingerprint density at radius 1 is 1.11 bits per heavy atom. The fraction of sp³-hybridized carbons (Fsp3) is 0.381. The molecule has 0 saturated heterocycles. The van der Waals surface area contributed by atoms with Crippen molar-refractivity contribution in [2.24, 2.45) is 5.73 Å². The molecule has 1 saturated carbocycles. The number of amides is 2. The molecule has 0 bridgehead atoms. The molecule has 3 rings (SSSR count). The molecule has 0 aliphatic heterocycles. The lowest BCUT2D eigenvalue weighted by Gasteiger charge is -2.28. The Morgan fingerprint density at radius 2 is 1.75 bits per heavy atom. The van der Waals surface area contributed by atoms with Gasteiger partial charge in [-0.2, -0.15) is 0 Å². The van der Waals surface area contributed by atoms with Gasteiger partial charge in [0, 0.05) is 50.7 Å². The first-order valence-corrected chi connectivity index (χ1v) is 9.48. The fourth-order valence-electron chi connectivity index (χ4n) is 3.59. The Hall–Kier alpha value is -3.09. The van der Waals surface area contributed by atoms with Crippen molar-refractivity contribution in [1.29, 1.82) is 0 Å². The topological polar surface area (TPSA) is 91.6 Å². The van der Waals surface area contributed by atoms with E-state index in [4.69, 9.17) is 5.73 Å². The van der Waals surface area contributed by atoms with Gasteiger partial charge >= 0.3 is 0 Å². The van der Waals surface area contributed by atoms with Crippen molar-refractivity contribution in [3.63, 3.8) is 0 Å². The van der Waals surface area contributed by atoms with Gasteiger partial charge in [-0.15, -0.1) is 0 Å². The highest BCUT2D eigenvalue weighted by Crippen LogP contribution is 2.31. The fourth-order valence-corrected chi connectivity index (χ4v) is 3.59. The van der Waals surface area contributed by atoms with Crippen LogP contribution in [0.5, 0.6) is 0 Å². The van der Waals surface area contributed by atoms with Crippen molar-refractivity contribution in [1.82, 2.24) is 9.88 Å². The second-order valence-electron chi connectivity index (χ2n) is 7.40. The third-order valence-corrected chi connectivity index (χ3v) is 5.21. The van der Waals surface area contributed by atoms with Crippen molar-refractivity contribution in [3.05, 3.63) is 47.7 Å². The highest BCUT2D eigenvalue weighted by atomic mass is 16.2. The number of hydrogen-bond acceptors (Lipinski definition) is 5. The van der Waals surface area contributed by atoms with Gasteiger partial charge in [-0.3, -0.25) is 9.59 Å². The van der Waals surface area contributed by atoms with Crippen LogP contribution in [0.1, 0.15) is 46.4 Å². The second kappa shape index (κ2) is 8.29. The molecular weight excluding hydrogens is 354 g/mol. The minimum atomic E-state index is -0.481. The molecule has 1 aliphatic carbocycles. The first-order valence-electron chi connectivity index (χ1n) is 9.48. The maximum absolute atomic E-state index is 12.0. The van der Waals surface area contributed by atoms with Crippen LogP contribution in [0.15, 0.2) is 36.5 Å². The van der Waals surface area contributed by atoms with Gasteiger partial charge in [0.1, 0.15) is 5.82 Å². The quantitative estimate of drug-likeness (QED) is 0.803. The first-order chi connectivity index (χ1) is 13.4. The lowest BCUT2D eigenvalue weighted by molar-refractivity contribution is 0.0827. The van der Waals surface area contributed by atoms with Crippen molar-refractivity contribution in [2.45, 2.75) is 31.7 Å². The van der Waals surface area contributed by atoms with Crippen LogP contribution in [-0.2, 0) is 0 Å². The zero-order valence-electron chi connectivity index (χ0n) is 16.6. The number of hydrogen-bond donors (Lipinski definition) is 2. The van der Waals surface area contributed by atoms with E-state index in [0.29, 0.717) is 23.0 Å². The Morgan fingerprint density at radius 3 is 2.32 bits per heavy atom. The molecule has 1 fully saturated rings. The third kappa shape index (κ3) is 4.24. The van der Waals surface area contributed by atoms with E-state index in [1.807, 2.05) is 25.2 Å². The average Bonchev–Trinajstić information content (AvgIpc) is 3.22. The highest BCUT2D eigenvalue weighted by molar-refractivity contribution is 5.99. The summed E-state index contributed by atoms with van der Waals surface area (Å²) in [5.74, 6) is 0.0953. The second-order valence-corrected chi connectivity index (χ2v) is 7.40. The van der Waals surface area contributed by atoms with Gasteiger partial charge in [0.2, 0.25) is 0 Å². The van der Waals surface area contributed by atoms with Crippen LogP contribution in [0, 0.1) is 0 Å². The van der Waals surface area contributed by atoms with Gasteiger partial charge in [-0.05, 0) is 37.1 Å². The van der Waals surface area contributed by atoms with E-state index in [-0.39, 0.29) is 5.91 Å². The largest absolute Gasteiger partial charge is 0.371 e. The Kier molecular flexibility index (Phi) is 5.82. The molecule has 2 aromatic rings. The SMILES string of the molecule is CN(C)C(=O)c1ccc(Nc2cc(N(C)C3CCCC3)c(C(N)=O)cn2)cc1. The molecule has 7 heteroatoms. The minimum absolute atomic E-state index is 0.0454. The standard InChI is InChI=1S/C21H27N5O2/c1-25(2)21(28)14-8-10-15(11-9-14)24-19-12-18(17(13-23-19)20(22)27)26(3)16-6-4-5-7-16/h8-13,16H,4-7H2,1-3H3,(H2,22,27)(H,23,24). The van der Waals surface area contributed by atoms with Crippen molar-refractivity contribution in [2.75, 3.05) is 31.4 Å². The normalized spacial score (nSPS) is 14.0. The molecule has 7 nitrogen and oxygen atoms in total. The molecule has 1 aliphatic rings. The van der Waals surface area contributed by atoms with E-state index in [1.165, 1.54) is 23.9 Å². The summed E-state index contributed by atoms with van der Waals surface area (Å²) >= 11 is 0. The molecule has 1 heterocycles. The third-order valence-electron chi connectivity index (χ3n) is 5.21. The monoisotopic (exact) mass is 381 g/mol. The Labute approximate surface area is 165 Å². The average molecular weight is 381 g/mol. The van der Waals surface area contributed by atoms with Crippen molar-refractivity contribution in [3.8, 4) is 0 Å². The van der Waals surface area contributed by atoms with Crippen LogP contribution in [0.25, 0.3) is 0 Å². The van der Waals surface area contributed by atoms with Gasteiger partial charge in [-0.1, -0.05) is 12.8 Å². The van der Waals surface area contributed by atoms with E-state index in [9.17, 15) is 9.59 Å². The van der Waals surface area contributed by atoms with Gasteiger partial charge in [0.05, 0.1) is 11.3 Å². The predicted molar refractivity (Wildman–Crippen MR) is 111 cm³/mol. The summed E-state index contributed by atoms with van der Waals surface area (Å²) in [5.41, 5.74) is 8.20. The van der Waals surface area contributed by atoms with Crippen LogP contribution in [0.4, 0.5) is 17.2 Å². The van der Waals surface area contributed by atoms with E-state index in [2.05, 4.69) is 15.2 Å². The van der Waals surface area contributed by atoms with E-state index < -0.39 is 5.91 Å². The number of nitrogens with two attached hydrogens (primary N) is 1. The number of pyridine rings is 1. The molecule has 0 spiro atoms. The van der Waals surface area contributed by atoms with Gasteiger partial charge < -0.3 is 20.9 Å². The van der Waals surface area contributed by atoms with Crippen LogP contribution in [0.3, 0.4) is 0 Å². The highest BCUT2D eigenvalue weighted by Gasteiger charge is 2.23. The van der Waals surface area contributed by atoms with Crippen molar-refractivity contribution >= 4 is 29.0 Å². The smallest absolute Gasteiger partial charge is 0.253 e. The molecule has 2 amide bonds. The van der Waals surface area contributed by atoms with Crippen LogP contribution in [0.2, 0.25) is 0 Å². The molecule has 1 aromatic heterocycles. The number of benzene rings is 1. The van der Waals surface area contributed by atoms with E-state index in [1.54, 1.807) is 26.2 Å². The summed E-state index contributed by atoms with van der Waals surface area (Å²) in [5, 5.41) is 3.24. The van der Waals surface area contributed by atoms with Gasteiger partial charge in [0.15, 0.2) is 0 Å². The summed E-state index contributed by atoms with van der Waals surface area (Å²) in [6, 6.07) is 9.48. The number of nitrogens with one attached hydrogen (secondary N) is 1. The van der Waals surface area contributed by atoms with Crippen LogP contribution in [-0.4, -0.2) is 48.9 Å². The molecule has 148 valence electrons. The predicted octanol–water partition coefficient (Wildman–Crippen LogP) is 3.00. The first kappa shape index (κ1) is 19.7. The number of carbonyl (C=O) groups excluding carboxylic acids is 2. The van der Waals surface area contributed by atoms with Gasteiger partial charge in [-0.25, -0.2) is 4.98 Å². The molecule has 3 N–H and O–H groups in total. The lowest BCUT2D eigenvalue weighted by Crippen LogP contribution is -2.31. The number of anilines is 3. The maximum Gasteiger partial charge on any atom is 0.253 e. The number of rotatable bonds is 6. The van der Waals surface area contributed by atoms with Crippen molar-refractivity contribution < 1.29 is 9.59 Å². The summed E-state index contributed by atoms with van der Waals surface area (Å²) in [7, 11) is 5.45.